The fraction of sp³-hybridized carbons (Fsp3) is 0.857. The Labute approximate surface area is 61.6 Å². The molecule has 1 fully saturated rings. The minimum Gasteiger partial charge on any atom is -0.254 e. The summed E-state index contributed by atoms with van der Waals surface area (Å²) in [6.45, 7) is 3.09. The first-order chi connectivity index (χ1) is 4.93. The van der Waals surface area contributed by atoms with Gasteiger partial charge < -0.3 is 0 Å². The Hall–Kier alpha value is -0.590. The van der Waals surface area contributed by atoms with Gasteiger partial charge in [-0.2, -0.15) is 5.26 Å². The molecule has 1 aliphatic rings. The van der Waals surface area contributed by atoms with Gasteiger partial charge in [-0.05, 0) is 12.8 Å². The van der Waals surface area contributed by atoms with Gasteiger partial charge >= 0.3 is 0 Å². The second-order valence-electron chi connectivity index (χ2n) is 2.51. The first-order valence-corrected chi connectivity index (χ1v) is 3.79. The number of rotatable bonds is 3. The predicted octanol–water partition coefficient (Wildman–Crippen LogP) is 0.500. The maximum absolute atomic E-state index is 8.23. The fourth-order valence-electron chi connectivity index (χ4n) is 1.15. The molecular formula is C7H13N3. The third kappa shape index (κ3) is 2.34. The Morgan fingerprint density at radius 1 is 1.40 bits per heavy atom. The van der Waals surface area contributed by atoms with E-state index >= 15 is 0 Å². The van der Waals surface area contributed by atoms with Crippen molar-refractivity contribution in [2.45, 2.75) is 19.3 Å². The summed E-state index contributed by atoms with van der Waals surface area (Å²) in [6, 6.07) is 2.10. The second kappa shape index (κ2) is 4.26. The maximum Gasteiger partial charge on any atom is 0.0635 e. The largest absolute Gasteiger partial charge is 0.254 e. The SMILES string of the molecule is N#CCCNN1CCCC1. The highest BCUT2D eigenvalue weighted by Crippen LogP contribution is 2.02. The van der Waals surface area contributed by atoms with Crippen LogP contribution in [-0.4, -0.2) is 24.6 Å². The highest BCUT2D eigenvalue weighted by atomic mass is 15.5. The highest BCUT2D eigenvalue weighted by Gasteiger charge is 2.08. The van der Waals surface area contributed by atoms with Gasteiger partial charge in [-0.1, -0.05) is 0 Å². The van der Waals surface area contributed by atoms with Crippen LogP contribution in [-0.2, 0) is 0 Å². The van der Waals surface area contributed by atoms with Crippen molar-refractivity contribution in [1.29, 1.82) is 5.26 Å². The zero-order chi connectivity index (χ0) is 7.23. The molecule has 3 nitrogen and oxygen atoms in total. The summed E-state index contributed by atoms with van der Waals surface area (Å²) in [4.78, 5) is 0. The van der Waals surface area contributed by atoms with Crippen LogP contribution in [0, 0.1) is 11.3 Å². The van der Waals surface area contributed by atoms with E-state index in [1.54, 1.807) is 0 Å². The van der Waals surface area contributed by atoms with E-state index in [1.807, 2.05) is 0 Å². The number of nitrogens with zero attached hydrogens (tertiary/aromatic N) is 2. The van der Waals surface area contributed by atoms with Crippen LogP contribution in [0.25, 0.3) is 0 Å². The topological polar surface area (TPSA) is 39.1 Å². The molecule has 0 aromatic rings. The molecule has 0 unspecified atom stereocenters. The molecule has 0 bridgehead atoms. The molecular weight excluding hydrogens is 126 g/mol. The predicted molar refractivity (Wildman–Crippen MR) is 39.0 cm³/mol. The van der Waals surface area contributed by atoms with E-state index in [-0.39, 0.29) is 0 Å². The molecule has 1 saturated heterocycles. The summed E-state index contributed by atoms with van der Waals surface area (Å²) >= 11 is 0. The molecule has 0 aromatic heterocycles. The minimum atomic E-state index is 0.608. The van der Waals surface area contributed by atoms with Crippen LogP contribution in [0.15, 0.2) is 0 Å². The van der Waals surface area contributed by atoms with Crippen molar-refractivity contribution in [3.63, 3.8) is 0 Å². The van der Waals surface area contributed by atoms with Gasteiger partial charge in [-0.3, -0.25) is 5.43 Å². The van der Waals surface area contributed by atoms with Crippen molar-refractivity contribution in [2.24, 2.45) is 0 Å². The summed E-state index contributed by atoms with van der Waals surface area (Å²) in [6.07, 6.45) is 3.19. The molecule has 10 heavy (non-hydrogen) atoms. The standard InChI is InChI=1S/C7H13N3/c8-4-3-5-9-10-6-1-2-7-10/h9H,1-3,5-7H2. The summed E-state index contributed by atoms with van der Waals surface area (Å²) in [5.74, 6) is 0. The third-order valence-corrected chi connectivity index (χ3v) is 1.68. The van der Waals surface area contributed by atoms with Crippen LogP contribution >= 0.6 is 0 Å². The first kappa shape index (κ1) is 7.52. The van der Waals surface area contributed by atoms with Crippen LogP contribution in [0.4, 0.5) is 0 Å². The first-order valence-electron chi connectivity index (χ1n) is 3.79. The molecule has 0 amide bonds. The zero-order valence-corrected chi connectivity index (χ0v) is 6.14. The molecule has 0 spiro atoms. The summed E-state index contributed by atoms with van der Waals surface area (Å²) in [5, 5.41) is 10.4. The number of nitriles is 1. The van der Waals surface area contributed by atoms with Crippen LogP contribution in [0.5, 0.6) is 0 Å². The number of nitrogens with one attached hydrogen (secondary N) is 1. The van der Waals surface area contributed by atoms with E-state index in [2.05, 4.69) is 16.5 Å². The Morgan fingerprint density at radius 2 is 2.10 bits per heavy atom. The fourth-order valence-corrected chi connectivity index (χ4v) is 1.15. The zero-order valence-electron chi connectivity index (χ0n) is 6.14. The van der Waals surface area contributed by atoms with Crippen LogP contribution in [0.2, 0.25) is 0 Å². The van der Waals surface area contributed by atoms with Gasteiger partial charge in [0.1, 0.15) is 0 Å². The molecule has 1 rings (SSSR count). The molecule has 56 valence electrons. The summed E-state index contributed by atoms with van der Waals surface area (Å²) < 4.78 is 0. The monoisotopic (exact) mass is 139 g/mol. The average Bonchev–Trinajstić information content (AvgIpc) is 2.41. The lowest BCUT2D eigenvalue weighted by Crippen LogP contribution is -2.35. The van der Waals surface area contributed by atoms with Gasteiger partial charge in [0, 0.05) is 26.1 Å². The Morgan fingerprint density at radius 3 is 2.70 bits per heavy atom. The van der Waals surface area contributed by atoms with Gasteiger partial charge in [0.05, 0.1) is 6.07 Å². The van der Waals surface area contributed by atoms with E-state index in [0.717, 1.165) is 19.6 Å². The number of hydrogen-bond acceptors (Lipinski definition) is 3. The Bertz CT molecular complexity index is 121. The lowest BCUT2D eigenvalue weighted by Gasteiger charge is -2.14. The Balaban J connectivity index is 1.97. The molecule has 1 aliphatic heterocycles. The van der Waals surface area contributed by atoms with Crippen LogP contribution < -0.4 is 5.43 Å². The Kier molecular flexibility index (Phi) is 3.20. The summed E-state index contributed by atoms with van der Waals surface area (Å²) in [7, 11) is 0. The smallest absolute Gasteiger partial charge is 0.0635 e. The molecule has 0 aliphatic carbocycles. The second-order valence-corrected chi connectivity index (χ2v) is 2.51. The van der Waals surface area contributed by atoms with E-state index in [0.29, 0.717) is 6.42 Å². The molecule has 0 saturated carbocycles. The lowest BCUT2D eigenvalue weighted by molar-refractivity contribution is 0.239. The lowest BCUT2D eigenvalue weighted by atomic mass is 10.4. The van der Waals surface area contributed by atoms with Crippen molar-refractivity contribution in [3.8, 4) is 6.07 Å². The average molecular weight is 139 g/mol. The molecule has 0 radical (unpaired) electrons. The van der Waals surface area contributed by atoms with Gasteiger partial charge in [0.25, 0.3) is 0 Å². The highest BCUT2D eigenvalue weighted by molar-refractivity contribution is 4.70. The quantitative estimate of drug-likeness (QED) is 0.579. The molecule has 0 aromatic carbocycles. The van der Waals surface area contributed by atoms with E-state index in [4.69, 9.17) is 5.26 Å². The van der Waals surface area contributed by atoms with E-state index in [1.165, 1.54) is 12.8 Å². The molecule has 0 atom stereocenters. The van der Waals surface area contributed by atoms with Crippen molar-refractivity contribution in [1.82, 2.24) is 10.4 Å². The van der Waals surface area contributed by atoms with Crippen LogP contribution in [0.1, 0.15) is 19.3 Å². The van der Waals surface area contributed by atoms with Crippen molar-refractivity contribution in [3.05, 3.63) is 0 Å². The van der Waals surface area contributed by atoms with Gasteiger partial charge in [0.2, 0.25) is 0 Å². The minimum absolute atomic E-state index is 0.608. The normalized spacial score (nSPS) is 19.1. The molecule has 3 heteroatoms. The number of hydrogen-bond donors (Lipinski definition) is 1. The summed E-state index contributed by atoms with van der Waals surface area (Å²) in [5.41, 5.74) is 3.19. The molecule has 1 heterocycles. The van der Waals surface area contributed by atoms with Gasteiger partial charge in [-0.15, -0.1) is 0 Å². The number of hydrazine groups is 1. The maximum atomic E-state index is 8.23. The third-order valence-electron chi connectivity index (χ3n) is 1.68. The van der Waals surface area contributed by atoms with Crippen LogP contribution in [0.3, 0.4) is 0 Å². The molecule has 1 N–H and O–H groups in total. The van der Waals surface area contributed by atoms with Gasteiger partial charge in [-0.25, -0.2) is 5.01 Å². The van der Waals surface area contributed by atoms with Crippen molar-refractivity contribution < 1.29 is 0 Å². The van der Waals surface area contributed by atoms with Crippen molar-refractivity contribution >= 4 is 0 Å². The van der Waals surface area contributed by atoms with Gasteiger partial charge in [0.15, 0.2) is 0 Å². The van der Waals surface area contributed by atoms with Crippen molar-refractivity contribution in [2.75, 3.05) is 19.6 Å². The van der Waals surface area contributed by atoms with E-state index < -0.39 is 0 Å². The van der Waals surface area contributed by atoms with E-state index in [9.17, 15) is 0 Å².